The zero-order valence-corrected chi connectivity index (χ0v) is 11.6. The van der Waals surface area contributed by atoms with Crippen molar-refractivity contribution in [3.05, 3.63) is 70.1 Å². The Morgan fingerprint density at radius 2 is 1.81 bits per heavy atom. The van der Waals surface area contributed by atoms with Crippen LogP contribution in [-0.2, 0) is 16.1 Å². The van der Waals surface area contributed by atoms with E-state index in [1.807, 2.05) is 30.3 Å². The number of Topliss-reactive ketones (excluding diaryl/α,β-unsaturated/α-hetero) is 1. The van der Waals surface area contributed by atoms with Gasteiger partial charge in [-0.2, -0.15) is 0 Å². The maximum Gasteiger partial charge on any atom is 0.379 e. The highest BCUT2D eigenvalue weighted by Crippen LogP contribution is 2.04. The predicted octanol–water partition coefficient (Wildman–Crippen LogP) is 1.64. The highest BCUT2D eigenvalue weighted by Gasteiger charge is 2.18. The van der Waals surface area contributed by atoms with E-state index in [9.17, 15) is 14.4 Å². The molecular weight excluding hydrogens is 270 g/mol. The number of ether oxygens (including phenoxy) is 1. The van der Waals surface area contributed by atoms with Crippen LogP contribution in [0.5, 0.6) is 0 Å². The van der Waals surface area contributed by atoms with Crippen LogP contribution < -0.4 is 5.56 Å². The summed E-state index contributed by atoms with van der Waals surface area (Å²) in [5, 5.41) is 0. The Bertz CT molecular complexity index is 704. The number of pyridine rings is 1. The number of rotatable bonds is 5. The van der Waals surface area contributed by atoms with Gasteiger partial charge in [-0.3, -0.25) is 9.59 Å². The van der Waals surface area contributed by atoms with Gasteiger partial charge in [0, 0.05) is 17.8 Å². The first-order valence-corrected chi connectivity index (χ1v) is 6.57. The molecular formula is C16H15NO4. The van der Waals surface area contributed by atoms with Gasteiger partial charge < -0.3 is 9.30 Å². The standard InChI is InChI=1S/C16H15NO4/c1-2-21-16(20)15(19)13-8-9-14(18)17(11-13)10-12-6-4-3-5-7-12/h3-9,11H,2,10H2,1H3. The maximum absolute atomic E-state index is 11.9. The molecule has 21 heavy (non-hydrogen) atoms. The lowest BCUT2D eigenvalue weighted by Gasteiger charge is -2.07. The smallest absolute Gasteiger partial charge is 0.379 e. The Labute approximate surface area is 121 Å². The van der Waals surface area contributed by atoms with Gasteiger partial charge in [0.25, 0.3) is 11.3 Å². The van der Waals surface area contributed by atoms with Gasteiger partial charge in [0.1, 0.15) is 0 Å². The minimum absolute atomic E-state index is 0.133. The summed E-state index contributed by atoms with van der Waals surface area (Å²) >= 11 is 0. The van der Waals surface area contributed by atoms with E-state index in [2.05, 4.69) is 4.74 Å². The first-order valence-electron chi connectivity index (χ1n) is 6.57. The lowest BCUT2D eigenvalue weighted by Crippen LogP contribution is -2.23. The summed E-state index contributed by atoms with van der Waals surface area (Å²) in [5.41, 5.74) is 0.837. The summed E-state index contributed by atoms with van der Waals surface area (Å²) in [6.45, 7) is 2.10. The molecule has 108 valence electrons. The second-order valence-corrected chi connectivity index (χ2v) is 4.42. The second-order valence-electron chi connectivity index (χ2n) is 4.42. The van der Waals surface area contributed by atoms with Crippen LogP contribution in [0.2, 0.25) is 0 Å². The summed E-state index contributed by atoms with van der Waals surface area (Å²) in [4.78, 5) is 35.1. The molecule has 0 bridgehead atoms. The predicted molar refractivity (Wildman–Crippen MR) is 77.2 cm³/mol. The molecule has 0 aliphatic heterocycles. The molecule has 0 aliphatic rings. The molecule has 0 amide bonds. The number of nitrogens with zero attached hydrogens (tertiary/aromatic N) is 1. The third-order valence-electron chi connectivity index (χ3n) is 2.90. The van der Waals surface area contributed by atoms with Crippen LogP contribution in [-0.4, -0.2) is 22.9 Å². The minimum atomic E-state index is -0.914. The molecule has 0 spiro atoms. The number of ketones is 1. The summed E-state index contributed by atoms with van der Waals surface area (Å²) in [6.07, 6.45) is 1.38. The van der Waals surface area contributed by atoms with Crippen molar-refractivity contribution in [2.24, 2.45) is 0 Å². The molecule has 1 heterocycles. The second kappa shape index (κ2) is 6.65. The van der Waals surface area contributed by atoms with Crippen LogP contribution in [0.25, 0.3) is 0 Å². The Kier molecular flexibility index (Phi) is 4.66. The maximum atomic E-state index is 11.9. The van der Waals surface area contributed by atoms with Crippen molar-refractivity contribution in [1.29, 1.82) is 0 Å². The number of hydrogen-bond acceptors (Lipinski definition) is 4. The average molecular weight is 285 g/mol. The molecule has 0 unspecified atom stereocenters. The molecule has 2 aromatic rings. The Morgan fingerprint density at radius 1 is 1.10 bits per heavy atom. The van der Waals surface area contributed by atoms with Gasteiger partial charge in [0.2, 0.25) is 0 Å². The number of carbonyl (C=O) groups is 2. The molecule has 1 aromatic heterocycles. The van der Waals surface area contributed by atoms with Crippen molar-refractivity contribution in [3.63, 3.8) is 0 Å². The van der Waals surface area contributed by atoms with Crippen LogP contribution >= 0.6 is 0 Å². The van der Waals surface area contributed by atoms with Crippen LogP contribution in [0.3, 0.4) is 0 Å². The lowest BCUT2D eigenvalue weighted by molar-refractivity contribution is -0.137. The van der Waals surface area contributed by atoms with Gasteiger partial charge in [-0.05, 0) is 18.6 Å². The highest BCUT2D eigenvalue weighted by molar-refractivity contribution is 6.40. The van der Waals surface area contributed by atoms with Gasteiger partial charge in [-0.25, -0.2) is 4.79 Å². The van der Waals surface area contributed by atoms with Crippen LogP contribution in [0.1, 0.15) is 22.8 Å². The van der Waals surface area contributed by atoms with E-state index in [0.29, 0.717) is 6.54 Å². The summed E-state index contributed by atoms with van der Waals surface area (Å²) < 4.78 is 6.06. The Morgan fingerprint density at radius 3 is 2.48 bits per heavy atom. The largest absolute Gasteiger partial charge is 0.460 e. The molecule has 0 atom stereocenters. The molecule has 1 aromatic carbocycles. The highest BCUT2D eigenvalue weighted by atomic mass is 16.5. The van der Waals surface area contributed by atoms with Crippen molar-refractivity contribution in [3.8, 4) is 0 Å². The molecule has 5 nitrogen and oxygen atoms in total. The molecule has 5 heteroatoms. The normalized spacial score (nSPS) is 10.1. The fourth-order valence-corrected chi connectivity index (χ4v) is 1.88. The van der Waals surface area contributed by atoms with Crippen molar-refractivity contribution in [2.75, 3.05) is 6.61 Å². The zero-order chi connectivity index (χ0) is 15.2. The van der Waals surface area contributed by atoms with Gasteiger partial charge in [0.05, 0.1) is 13.2 Å². The van der Waals surface area contributed by atoms with Crippen LogP contribution in [0, 0.1) is 0 Å². The van der Waals surface area contributed by atoms with Gasteiger partial charge in [-0.15, -0.1) is 0 Å². The minimum Gasteiger partial charge on any atom is -0.460 e. The fraction of sp³-hybridized carbons (Fsp3) is 0.188. The third kappa shape index (κ3) is 3.66. The van der Waals surface area contributed by atoms with E-state index in [4.69, 9.17) is 0 Å². The quantitative estimate of drug-likeness (QED) is 0.476. The van der Waals surface area contributed by atoms with E-state index in [1.165, 1.54) is 22.9 Å². The van der Waals surface area contributed by atoms with Crippen molar-refractivity contribution >= 4 is 11.8 Å². The van der Waals surface area contributed by atoms with E-state index in [1.54, 1.807) is 6.92 Å². The zero-order valence-electron chi connectivity index (χ0n) is 11.6. The third-order valence-corrected chi connectivity index (χ3v) is 2.90. The van der Waals surface area contributed by atoms with Crippen molar-refractivity contribution < 1.29 is 14.3 Å². The van der Waals surface area contributed by atoms with Gasteiger partial charge in [0.15, 0.2) is 0 Å². The number of aromatic nitrogens is 1. The SMILES string of the molecule is CCOC(=O)C(=O)c1ccc(=O)n(Cc2ccccc2)c1. The summed E-state index contributed by atoms with van der Waals surface area (Å²) in [6, 6.07) is 12.0. The monoisotopic (exact) mass is 285 g/mol. The summed E-state index contributed by atoms with van der Waals surface area (Å²) in [7, 11) is 0. The van der Waals surface area contributed by atoms with Crippen molar-refractivity contribution in [2.45, 2.75) is 13.5 Å². The molecule has 0 fully saturated rings. The van der Waals surface area contributed by atoms with E-state index >= 15 is 0 Å². The molecule has 0 saturated heterocycles. The number of benzene rings is 1. The van der Waals surface area contributed by atoms with E-state index < -0.39 is 11.8 Å². The topological polar surface area (TPSA) is 65.4 Å². The number of hydrogen-bond donors (Lipinski definition) is 0. The van der Waals surface area contributed by atoms with E-state index in [-0.39, 0.29) is 17.7 Å². The first-order chi connectivity index (χ1) is 10.1. The molecule has 0 aliphatic carbocycles. The summed E-state index contributed by atoms with van der Waals surface area (Å²) in [5.74, 6) is -1.67. The van der Waals surface area contributed by atoms with Crippen LogP contribution in [0.4, 0.5) is 0 Å². The Hall–Kier alpha value is -2.69. The van der Waals surface area contributed by atoms with Gasteiger partial charge in [-0.1, -0.05) is 30.3 Å². The van der Waals surface area contributed by atoms with E-state index in [0.717, 1.165) is 5.56 Å². The molecule has 0 radical (unpaired) electrons. The molecule has 0 saturated carbocycles. The number of carbonyl (C=O) groups excluding carboxylic acids is 2. The molecule has 0 N–H and O–H groups in total. The van der Waals surface area contributed by atoms with Crippen molar-refractivity contribution in [1.82, 2.24) is 4.57 Å². The fourth-order valence-electron chi connectivity index (χ4n) is 1.88. The van der Waals surface area contributed by atoms with Gasteiger partial charge >= 0.3 is 5.97 Å². The number of esters is 1. The molecule has 2 rings (SSSR count). The first kappa shape index (κ1) is 14.7. The van der Waals surface area contributed by atoms with Crippen LogP contribution in [0.15, 0.2) is 53.5 Å². The Balaban J connectivity index is 2.27. The average Bonchev–Trinajstić information content (AvgIpc) is 2.50. The lowest BCUT2D eigenvalue weighted by atomic mass is 10.2.